The van der Waals surface area contributed by atoms with Crippen LogP contribution in [0.4, 0.5) is 5.82 Å². The first-order valence-corrected chi connectivity index (χ1v) is 9.24. The maximum absolute atomic E-state index is 6.20. The van der Waals surface area contributed by atoms with Crippen molar-refractivity contribution in [2.75, 3.05) is 18.4 Å². The Hall–Kier alpha value is -2.10. The lowest BCUT2D eigenvalue weighted by Gasteiger charge is -2.32. The third kappa shape index (κ3) is 3.94. The summed E-state index contributed by atoms with van der Waals surface area (Å²) < 4.78 is 0. The third-order valence-corrected chi connectivity index (χ3v) is 5.08. The van der Waals surface area contributed by atoms with E-state index in [9.17, 15) is 0 Å². The molecule has 0 unspecified atom stereocenters. The van der Waals surface area contributed by atoms with Crippen LogP contribution in [0.2, 0.25) is 5.15 Å². The van der Waals surface area contributed by atoms with Crippen LogP contribution in [0.1, 0.15) is 18.4 Å². The molecule has 0 saturated carbocycles. The molecule has 0 amide bonds. The number of anilines is 1. The SMILES string of the molecule is Clc1cc2ccccc2c(NC2CCN(Cc3ccccc3)CC2)n1. The highest BCUT2D eigenvalue weighted by atomic mass is 35.5. The first-order valence-electron chi connectivity index (χ1n) is 8.86. The number of nitrogens with zero attached hydrogens (tertiary/aromatic N) is 2. The van der Waals surface area contributed by atoms with Crippen molar-refractivity contribution < 1.29 is 0 Å². The van der Waals surface area contributed by atoms with Crippen molar-refractivity contribution in [3.8, 4) is 0 Å². The van der Waals surface area contributed by atoms with E-state index in [0.29, 0.717) is 11.2 Å². The topological polar surface area (TPSA) is 28.2 Å². The molecule has 1 aliphatic heterocycles. The first kappa shape index (κ1) is 16.4. The molecule has 0 spiro atoms. The molecular weight excluding hydrogens is 330 g/mol. The number of fused-ring (bicyclic) bond motifs is 1. The van der Waals surface area contributed by atoms with Crippen LogP contribution in [0.15, 0.2) is 60.7 Å². The summed E-state index contributed by atoms with van der Waals surface area (Å²) in [5, 5.41) is 6.44. The van der Waals surface area contributed by atoms with Crippen molar-refractivity contribution in [3.63, 3.8) is 0 Å². The van der Waals surface area contributed by atoms with Gasteiger partial charge in [0.25, 0.3) is 0 Å². The normalized spacial score (nSPS) is 16.2. The van der Waals surface area contributed by atoms with Crippen molar-refractivity contribution in [1.82, 2.24) is 9.88 Å². The Morgan fingerprint density at radius 2 is 1.72 bits per heavy atom. The molecule has 4 rings (SSSR count). The predicted octanol–water partition coefficient (Wildman–Crippen LogP) is 4.96. The highest BCUT2D eigenvalue weighted by Crippen LogP contribution is 2.26. The van der Waals surface area contributed by atoms with Gasteiger partial charge in [-0.3, -0.25) is 4.90 Å². The fraction of sp³-hybridized carbons (Fsp3) is 0.286. The summed E-state index contributed by atoms with van der Waals surface area (Å²) in [5.41, 5.74) is 1.39. The van der Waals surface area contributed by atoms with Gasteiger partial charge in [0.05, 0.1) is 0 Å². The van der Waals surface area contributed by atoms with Gasteiger partial charge in [-0.15, -0.1) is 0 Å². The van der Waals surface area contributed by atoms with Crippen LogP contribution >= 0.6 is 11.6 Å². The van der Waals surface area contributed by atoms with Gasteiger partial charge < -0.3 is 5.32 Å². The summed E-state index contributed by atoms with van der Waals surface area (Å²) >= 11 is 6.20. The molecule has 0 radical (unpaired) electrons. The number of halogens is 1. The number of benzene rings is 2. The lowest BCUT2D eigenvalue weighted by atomic mass is 10.0. The number of hydrogen-bond donors (Lipinski definition) is 1. The molecule has 128 valence electrons. The van der Waals surface area contributed by atoms with E-state index in [0.717, 1.165) is 49.1 Å². The number of rotatable bonds is 4. The molecule has 1 saturated heterocycles. The number of aromatic nitrogens is 1. The first-order chi connectivity index (χ1) is 12.3. The Kier molecular flexibility index (Phi) is 4.86. The zero-order valence-corrected chi connectivity index (χ0v) is 14.9. The summed E-state index contributed by atoms with van der Waals surface area (Å²) in [6.45, 7) is 3.24. The minimum absolute atomic E-state index is 0.446. The summed E-state index contributed by atoms with van der Waals surface area (Å²) in [7, 11) is 0. The van der Waals surface area contributed by atoms with Gasteiger partial charge >= 0.3 is 0 Å². The quantitative estimate of drug-likeness (QED) is 0.673. The summed E-state index contributed by atoms with van der Waals surface area (Å²) in [6.07, 6.45) is 2.24. The van der Waals surface area contributed by atoms with E-state index in [1.165, 1.54) is 5.56 Å². The molecule has 1 aromatic heterocycles. The van der Waals surface area contributed by atoms with E-state index in [2.05, 4.69) is 57.7 Å². The van der Waals surface area contributed by atoms with Crippen molar-refractivity contribution in [2.45, 2.75) is 25.4 Å². The van der Waals surface area contributed by atoms with E-state index in [-0.39, 0.29) is 0 Å². The fourth-order valence-electron chi connectivity index (χ4n) is 3.55. The smallest absolute Gasteiger partial charge is 0.135 e. The van der Waals surface area contributed by atoms with Gasteiger partial charge in [-0.05, 0) is 29.9 Å². The third-order valence-electron chi connectivity index (χ3n) is 4.89. The summed E-state index contributed by atoms with van der Waals surface area (Å²) in [6, 6.07) is 21.3. The van der Waals surface area contributed by atoms with E-state index in [1.54, 1.807) is 0 Å². The standard InChI is InChI=1S/C21H22ClN3/c22-20-14-17-8-4-5-9-19(17)21(24-20)23-18-10-12-25(13-11-18)15-16-6-2-1-3-7-16/h1-9,14,18H,10-13,15H2,(H,23,24). The predicted molar refractivity (Wildman–Crippen MR) is 105 cm³/mol. The second kappa shape index (κ2) is 7.42. The Labute approximate surface area is 153 Å². The molecule has 3 aromatic rings. The number of hydrogen-bond acceptors (Lipinski definition) is 3. The van der Waals surface area contributed by atoms with Gasteiger partial charge in [-0.25, -0.2) is 4.98 Å². The van der Waals surface area contributed by atoms with Gasteiger partial charge in [0.15, 0.2) is 0 Å². The van der Waals surface area contributed by atoms with Crippen molar-refractivity contribution >= 4 is 28.2 Å². The summed E-state index contributed by atoms with van der Waals surface area (Å²) in [4.78, 5) is 7.05. The molecule has 0 aliphatic carbocycles. The Morgan fingerprint density at radius 1 is 1.00 bits per heavy atom. The van der Waals surface area contributed by atoms with Crippen LogP contribution in [0, 0.1) is 0 Å². The number of pyridine rings is 1. The molecule has 1 aliphatic rings. The maximum Gasteiger partial charge on any atom is 0.135 e. The van der Waals surface area contributed by atoms with Crippen LogP contribution in [0.5, 0.6) is 0 Å². The molecule has 4 heteroatoms. The zero-order valence-electron chi connectivity index (χ0n) is 14.2. The molecule has 1 fully saturated rings. The number of likely N-dealkylation sites (tertiary alicyclic amines) is 1. The summed E-state index contributed by atoms with van der Waals surface area (Å²) in [5.74, 6) is 0.907. The van der Waals surface area contributed by atoms with E-state index in [1.807, 2.05) is 18.2 Å². The Balaban J connectivity index is 1.41. The minimum atomic E-state index is 0.446. The van der Waals surface area contributed by atoms with Gasteiger partial charge in [-0.2, -0.15) is 0 Å². The average molecular weight is 352 g/mol. The number of nitrogens with one attached hydrogen (secondary N) is 1. The van der Waals surface area contributed by atoms with Crippen LogP contribution in [0.25, 0.3) is 10.8 Å². The zero-order chi connectivity index (χ0) is 17.1. The van der Waals surface area contributed by atoms with Gasteiger partial charge in [0.2, 0.25) is 0 Å². The Bertz CT molecular complexity index is 842. The molecule has 2 aromatic carbocycles. The number of piperidine rings is 1. The van der Waals surface area contributed by atoms with Gasteiger partial charge in [-0.1, -0.05) is 66.2 Å². The highest BCUT2D eigenvalue weighted by molar-refractivity contribution is 6.30. The van der Waals surface area contributed by atoms with E-state index in [4.69, 9.17) is 11.6 Å². The maximum atomic E-state index is 6.20. The van der Waals surface area contributed by atoms with Crippen molar-refractivity contribution in [2.24, 2.45) is 0 Å². The molecule has 2 heterocycles. The largest absolute Gasteiger partial charge is 0.367 e. The monoisotopic (exact) mass is 351 g/mol. The highest BCUT2D eigenvalue weighted by Gasteiger charge is 2.20. The Morgan fingerprint density at radius 3 is 2.52 bits per heavy atom. The fourth-order valence-corrected chi connectivity index (χ4v) is 3.75. The molecule has 0 bridgehead atoms. The second-order valence-electron chi connectivity index (χ2n) is 6.70. The molecule has 3 nitrogen and oxygen atoms in total. The lowest BCUT2D eigenvalue weighted by molar-refractivity contribution is 0.211. The van der Waals surface area contributed by atoms with Crippen LogP contribution in [0.3, 0.4) is 0 Å². The van der Waals surface area contributed by atoms with E-state index >= 15 is 0 Å². The van der Waals surface area contributed by atoms with E-state index < -0.39 is 0 Å². The molecule has 0 atom stereocenters. The van der Waals surface area contributed by atoms with Gasteiger partial charge in [0.1, 0.15) is 11.0 Å². The lowest BCUT2D eigenvalue weighted by Crippen LogP contribution is -2.38. The van der Waals surface area contributed by atoms with Crippen LogP contribution in [-0.4, -0.2) is 29.0 Å². The minimum Gasteiger partial charge on any atom is -0.367 e. The molecule has 1 N–H and O–H groups in total. The van der Waals surface area contributed by atoms with Crippen LogP contribution < -0.4 is 5.32 Å². The van der Waals surface area contributed by atoms with Crippen LogP contribution in [-0.2, 0) is 6.54 Å². The second-order valence-corrected chi connectivity index (χ2v) is 7.08. The van der Waals surface area contributed by atoms with Crippen molar-refractivity contribution in [1.29, 1.82) is 0 Å². The van der Waals surface area contributed by atoms with Crippen molar-refractivity contribution in [3.05, 3.63) is 71.4 Å². The molecular formula is C21H22ClN3. The molecule has 25 heavy (non-hydrogen) atoms. The van der Waals surface area contributed by atoms with Gasteiger partial charge in [0, 0.05) is 31.1 Å². The average Bonchev–Trinajstić information content (AvgIpc) is 2.64.